The Bertz CT molecular complexity index is 138. The van der Waals surface area contributed by atoms with Crippen LogP contribution in [-0.4, -0.2) is 10.9 Å². The van der Waals surface area contributed by atoms with E-state index in [-0.39, 0.29) is 44.3 Å². The third kappa shape index (κ3) is 8.05. The van der Waals surface area contributed by atoms with E-state index >= 15 is 0 Å². The molecule has 1 radical (unpaired) electrons. The van der Waals surface area contributed by atoms with Gasteiger partial charge in [0.05, 0.1) is 0 Å². The maximum Gasteiger partial charge on any atom is 0.138 e. The van der Waals surface area contributed by atoms with Gasteiger partial charge in [0.25, 0.3) is 0 Å². The van der Waals surface area contributed by atoms with Crippen molar-refractivity contribution >= 4 is 5.78 Å². The number of hydrogen-bond acceptors (Lipinski definition) is 2. The van der Waals surface area contributed by atoms with Crippen LogP contribution >= 0.6 is 0 Å². The third-order valence-corrected chi connectivity index (χ3v) is 0.522. The average molecular weight is 200 g/mol. The van der Waals surface area contributed by atoms with Gasteiger partial charge in [0.1, 0.15) is 5.78 Å². The molecule has 0 heterocycles. The SMILES string of the molecule is [CH-]=C/C(O)=C/C(C)=O.[Y]. The van der Waals surface area contributed by atoms with E-state index in [0.29, 0.717) is 0 Å². The fraction of sp³-hybridized carbons (Fsp3) is 0.167. The van der Waals surface area contributed by atoms with Gasteiger partial charge >= 0.3 is 0 Å². The van der Waals surface area contributed by atoms with Crippen LogP contribution in [0.3, 0.4) is 0 Å². The van der Waals surface area contributed by atoms with Crippen molar-refractivity contribution in [3.05, 3.63) is 24.5 Å². The number of allylic oxidation sites excluding steroid dienone is 2. The molecule has 0 amide bonds. The van der Waals surface area contributed by atoms with Crippen molar-refractivity contribution in [3.8, 4) is 0 Å². The summed E-state index contributed by atoms with van der Waals surface area (Å²) < 4.78 is 0. The van der Waals surface area contributed by atoms with Crippen molar-refractivity contribution in [2.75, 3.05) is 0 Å². The molecule has 0 aliphatic rings. The summed E-state index contributed by atoms with van der Waals surface area (Å²) in [5.74, 6) is -0.415. The van der Waals surface area contributed by atoms with Crippen LogP contribution in [0, 0.1) is 6.58 Å². The number of aliphatic hydroxyl groups is 1. The van der Waals surface area contributed by atoms with E-state index in [4.69, 9.17) is 11.7 Å². The standard InChI is InChI=1S/C6H7O2.Y/c1-3-6(8)4-5(2)7;/h1,3-4,8H,2H3;/q-1;/b6-4-;. The number of carbonyl (C=O) groups is 1. The topological polar surface area (TPSA) is 37.3 Å². The Balaban J connectivity index is 0. The predicted octanol–water partition coefficient (Wildman–Crippen LogP) is 1.00. The van der Waals surface area contributed by atoms with E-state index in [0.717, 1.165) is 12.2 Å². The maximum absolute atomic E-state index is 10.1. The van der Waals surface area contributed by atoms with Gasteiger partial charge in [0.2, 0.25) is 0 Å². The summed E-state index contributed by atoms with van der Waals surface area (Å²) in [5.41, 5.74) is 0. The van der Waals surface area contributed by atoms with Crippen LogP contribution in [0.2, 0.25) is 0 Å². The quantitative estimate of drug-likeness (QED) is 0.312. The van der Waals surface area contributed by atoms with E-state index in [9.17, 15) is 4.79 Å². The normalized spacial score (nSPS) is 9.67. The first kappa shape index (κ1) is 11.8. The summed E-state index contributed by atoms with van der Waals surface area (Å²) in [6, 6.07) is 0. The summed E-state index contributed by atoms with van der Waals surface area (Å²) in [5, 5.41) is 8.49. The van der Waals surface area contributed by atoms with Gasteiger partial charge in [0.15, 0.2) is 0 Å². The van der Waals surface area contributed by atoms with Crippen LogP contribution in [0.1, 0.15) is 6.92 Å². The molecular weight excluding hydrogens is 193 g/mol. The second-order valence-corrected chi connectivity index (χ2v) is 1.35. The number of aliphatic hydroxyl groups excluding tert-OH is 1. The molecule has 0 saturated heterocycles. The van der Waals surface area contributed by atoms with Gasteiger partial charge in [-0.05, 0) is 12.7 Å². The number of ketones is 1. The molecule has 0 fully saturated rings. The van der Waals surface area contributed by atoms with Gasteiger partial charge in [-0.3, -0.25) is 11.4 Å². The van der Waals surface area contributed by atoms with Gasteiger partial charge < -0.3 is 5.11 Å². The minimum atomic E-state index is -0.218. The molecule has 0 saturated carbocycles. The molecule has 47 valence electrons. The Morgan fingerprint density at radius 3 is 2.22 bits per heavy atom. The van der Waals surface area contributed by atoms with Crippen LogP contribution in [-0.2, 0) is 37.5 Å². The molecule has 0 spiro atoms. The second kappa shape index (κ2) is 6.18. The van der Waals surface area contributed by atoms with E-state index in [1.165, 1.54) is 6.92 Å². The molecule has 0 atom stereocenters. The largest absolute Gasteiger partial charge is 0.592 e. The zero-order chi connectivity index (χ0) is 6.57. The Morgan fingerprint density at radius 1 is 1.67 bits per heavy atom. The van der Waals surface area contributed by atoms with Crippen molar-refractivity contribution in [3.63, 3.8) is 0 Å². The summed E-state index contributed by atoms with van der Waals surface area (Å²) in [4.78, 5) is 10.1. The van der Waals surface area contributed by atoms with Crippen molar-refractivity contribution in [1.82, 2.24) is 0 Å². The first-order chi connectivity index (χ1) is 3.66. The van der Waals surface area contributed by atoms with E-state index in [1.807, 2.05) is 0 Å². The average Bonchev–Trinajstić information content (AvgIpc) is 1.65. The molecule has 0 rings (SSSR count). The van der Waals surface area contributed by atoms with Crippen LogP contribution in [0.4, 0.5) is 0 Å². The summed E-state index contributed by atoms with van der Waals surface area (Å²) in [6.45, 7) is 6.16. The first-order valence-electron chi connectivity index (χ1n) is 2.13. The van der Waals surface area contributed by atoms with Gasteiger partial charge in [-0.1, -0.05) is 6.08 Å². The minimum absolute atomic E-state index is 0. The second-order valence-electron chi connectivity index (χ2n) is 1.35. The van der Waals surface area contributed by atoms with E-state index in [2.05, 4.69) is 0 Å². The zero-order valence-corrected chi connectivity index (χ0v) is 8.00. The maximum atomic E-state index is 10.1. The third-order valence-electron chi connectivity index (χ3n) is 0.522. The molecule has 0 aromatic rings. The number of hydrogen-bond donors (Lipinski definition) is 1. The van der Waals surface area contributed by atoms with Gasteiger partial charge in [-0.2, -0.15) is 0 Å². The van der Waals surface area contributed by atoms with Crippen LogP contribution in [0.5, 0.6) is 0 Å². The Labute approximate surface area is 79.5 Å². The summed E-state index contributed by atoms with van der Waals surface area (Å²) in [7, 11) is 0. The van der Waals surface area contributed by atoms with E-state index < -0.39 is 0 Å². The molecule has 0 unspecified atom stereocenters. The Morgan fingerprint density at radius 2 is 2.11 bits per heavy atom. The Hall–Kier alpha value is 0.0539. The minimum Gasteiger partial charge on any atom is -0.592 e. The number of carbonyl (C=O) groups excluding carboxylic acids is 1. The van der Waals surface area contributed by atoms with Gasteiger partial charge in [-0.15, -0.1) is 0 Å². The molecule has 1 N–H and O–H groups in total. The molecule has 3 heteroatoms. The Kier molecular flexibility index (Phi) is 8.10. The molecule has 9 heavy (non-hydrogen) atoms. The molecule has 0 aromatic carbocycles. The summed E-state index contributed by atoms with van der Waals surface area (Å²) >= 11 is 0. The molecule has 2 nitrogen and oxygen atoms in total. The smallest absolute Gasteiger partial charge is 0.138 e. The molecule has 0 aromatic heterocycles. The van der Waals surface area contributed by atoms with Crippen molar-refractivity contribution < 1.29 is 42.6 Å². The number of rotatable bonds is 2. The molecule has 0 aliphatic carbocycles. The zero-order valence-electron chi connectivity index (χ0n) is 5.16. The van der Waals surface area contributed by atoms with Crippen LogP contribution < -0.4 is 0 Å². The first-order valence-corrected chi connectivity index (χ1v) is 2.13. The van der Waals surface area contributed by atoms with Crippen molar-refractivity contribution in [2.24, 2.45) is 0 Å². The predicted molar refractivity (Wildman–Crippen MR) is 30.3 cm³/mol. The summed E-state index contributed by atoms with van der Waals surface area (Å²) in [6.07, 6.45) is 2.00. The van der Waals surface area contributed by atoms with E-state index in [1.54, 1.807) is 0 Å². The monoisotopic (exact) mass is 200 g/mol. The molecular formula is C6H7O2Y-. The van der Waals surface area contributed by atoms with Crippen LogP contribution in [0.25, 0.3) is 0 Å². The van der Waals surface area contributed by atoms with Gasteiger partial charge in [0, 0.05) is 32.7 Å². The van der Waals surface area contributed by atoms with Crippen molar-refractivity contribution in [1.29, 1.82) is 0 Å². The molecule has 0 aliphatic heterocycles. The molecule has 0 bridgehead atoms. The van der Waals surface area contributed by atoms with Crippen LogP contribution in [0.15, 0.2) is 17.9 Å². The van der Waals surface area contributed by atoms with Gasteiger partial charge in [-0.25, -0.2) is 6.08 Å². The van der Waals surface area contributed by atoms with Crippen molar-refractivity contribution in [2.45, 2.75) is 6.92 Å². The fourth-order valence-electron chi connectivity index (χ4n) is 0.256. The fourth-order valence-corrected chi connectivity index (χ4v) is 0.256.